The normalized spacial score (nSPS) is 16.7. The molecule has 1 atom stereocenters. The lowest BCUT2D eigenvalue weighted by molar-refractivity contribution is 0.0963. The number of nitrogens with zero attached hydrogens (tertiary/aromatic N) is 4. The molecule has 32 heavy (non-hydrogen) atoms. The van der Waals surface area contributed by atoms with Gasteiger partial charge >= 0.3 is 6.03 Å². The molecule has 1 aliphatic rings. The van der Waals surface area contributed by atoms with Crippen molar-refractivity contribution < 1.29 is 14.3 Å². The summed E-state index contributed by atoms with van der Waals surface area (Å²) in [4.78, 5) is 28.1. The molecule has 3 aromatic rings. The van der Waals surface area contributed by atoms with Crippen molar-refractivity contribution in [1.29, 1.82) is 0 Å². The molecule has 0 bridgehead atoms. The Morgan fingerprint density at radius 3 is 2.59 bits per heavy atom. The molecule has 1 fully saturated rings. The smallest absolute Gasteiger partial charge is 0.344 e. The molecular formula is C23H24ClN5O3. The van der Waals surface area contributed by atoms with Crippen molar-refractivity contribution in [1.82, 2.24) is 19.6 Å². The number of hydrogen-bond acceptors (Lipinski definition) is 5. The average Bonchev–Trinajstić information content (AvgIpc) is 3.26. The third-order valence-electron chi connectivity index (χ3n) is 5.35. The summed E-state index contributed by atoms with van der Waals surface area (Å²) in [5.74, 6) is 0.831. The highest BCUT2D eigenvalue weighted by molar-refractivity contribution is 6.30. The van der Waals surface area contributed by atoms with Crippen LogP contribution in [0.25, 0.3) is 0 Å². The standard InChI is InChI=1S/C23H24ClN5O3/c1-16-14-27(11-12-28(16)23(31)29-10-9-21(26-29)22(25)30)15-17-3-2-4-20(13-17)32-19-7-5-18(24)6-8-19/h2-10,13,16H,11-12,14-15H2,1H3,(H2,25,30). The van der Waals surface area contributed by atoms with E-state index in [2.05, 4.69) is 16.1 Å². The van der Waals surface area contributed by atoms with E-state index in [0.717, 1.165) is 36.7 Å². The summed E-state index contributed by atoms with van der Waals surface area (Å²) in [7, 11) is 0. The summed E-state index contributed by atoms with van der Waals surface area (Å²) in [5.41, 5.74) is 6.42. The highest BCUT2D eigenvalue weighted by atomic mass is 35.5. The van der Waals surface area contributed by atoms with Crippen molar-refractivity contribution in [2.24, 2.45) is 5.73 Å². The van der Waals surface area contributed by atoms with Crippen LogP contribution in [0, 0.1) is 0 Å². The molecule has 4 rings (SSSR count). The van der Waals surface area contributed by atoms with E-state index in [-0.39, 0.29) is 17.8 Å². The molecule has 2 aromatic carbocycles. The molecule has 0 saturated carbocycles. The van der Waals surface area contributed by atoms with Crippen LogP contribution in [0.3, 0.4) is 0 Å². The van der Waals surface area contributed by atoms with Crippen molar-refractivity contribution in [3.8, 4) is 11.5 Å². The minimum absolute atomic E-state index is 0.00835. The second kappa shape index (κ2) is 9.42. The van der Waals surface area contributed by atoms with Gasteiger partial charge in [0.05, 0.1) is 0 Å². The first kappa shape index (κ1) is 21.9. The van der Waals surface area contributed by atoms with Crippen LogP contribution in [-0.4, -0.2) is 57.2 Å². The van der Waals surface area contributed by atoms with Crippen LogP contribution in [0.2, 0.25) is 5.02 Å². The molecule has 2 N–H and O–H groups in total. The van der Waals surface area contributed by atoms with Crippen molar-refractivity contribution in [3.05, 3.63) is 77.1 Å². The van der Waals surface area contributed by atoms with Gasteiger partial charge in [0.25, 0.3) is 5.91 Å². The Labute approximate surface area is 191 Å². The SMILES string of the molecule is CC1CN(Cc2cccc(Oc3ccc(Cl)cc3)c2)CCN1C(=O)n1ccc(C(N)=O)n1. The van der Waals surface area contributed by atoms with Gasteiger partial charge in [0.15, 0.2) is 5.69 Å². The molecule has 0 aliphatic carbocycles. The summed E-state index contributed by atoms with van der Waals surface area (Å²) >= 11 is 5.93. The maximum absolute atomic E-state index is 12.8. The van der Waals surface area contributed by atoms with Crippen LogP contribution in [-0.2, 0) is 6.54 Å². The second-order valence-corrected chi connectivity index (χ2v) is 8.21. The number of nitrogens with two attached hydrogens (primary N) is 1. The van der Waals surface area contributed by atoms with Crippen molar-refractivity contribution in [2.45, 2.75) is 19.5 Å². The van der Waals surface area contributed by atoms with E-state index in [1.54, 1.807) is 17.0 Å². The predicted octanol–water partition coefficient (Wildman–Crippen LogP) is 3.60. The number of piperazine rings is 1. The molecule has 1 unspecified atom stereocenters. The zero-order valence-electron chi connectivity index (χ0n) is 17.6. The van der Waals surface area contributed by atoms with Crippen LogP contribution in [0.15, 0.2) is 60.8 Å². The van der Waals surface area contributed by atoms with Crippen molar-refractivity contribution in [2.75, 3.05) is 19.6 Å². The molecule has 8 nitrogen and oxygen atoms in total. The monoisotopic (exact) mass is 453 g/mol. The number of ether oxygens (including phenoxy) is 1. The Balaban J connectivity index is 1.36. The van der Waals surface area contributed by atoms with Crippen LogP contribution in [0.5, 0.6) is 11.5 Å². The molecule has 1 aromatic heterocycles. The first-order chi connectivity index (χ1) is 15.4. The Bertz CT molecular complexity index is 1110. The fraction of sp³-hybridized carbons (Fsp3) is 0.261. The Hall–Kier alpha value is -3.36. The Kier molecular flexibility index (Phi) is 6.43. The Morgan fingerprint density at radius 1 is 1.12 bits per heavy atom. The summed E-state index contributed by atoms with van der Waals surface area (Å²) < 4.78 is 7.10. The summed E-state index contributed by atoms with van der Waals surface area (Å²) in [6, 6.07) is 16.4. The van der Waals surface area contributed by atoms with Gasteiger partial charge in [0.1, 0.15) is 11.5 Å². The van der Waals surface area contributed by atoms with Crippen LogP contribution < -0.4 is 10.5 Å². The lowest BCUT2D eigenvalue weighted by Crippen LogP contribution is -2.54. The fourth-order valence-electron chi connectivity index (χ4n) is 3.76. The van der Waals surface area contributed by atoms with E-state index in [9.17, 15) is 9.59 Å². The molecule has 9 heteroatoms. The number of aromatic nitrogens is 2. The number of amides is 2. The number of carbonyl (C=O) groups is 2. The topological polar surface area (TPSA) is 93.7 Å². The molecule has 2 heterocycles. The molecule has 2 amide bonds. The summed E-state index contributed by atoms with van der Waals surface area (Å²) in [5, 5.41) is 4.64. The first-order valence-electron chi connectivity index (χ1n) is 10.3. The number of primary amides is 1. The second-order valence-electron chi connectivity index (χ2n) is 7.77. The molecule has 0 radical (unpaired) electrons. The number of rotatable bonds is 5. The quantitative estimate of drug-likeness (QED) is 0.637. The minimum Gasteiger partial charge on any atom is -0.457 e. The zero-order chi connectivity index (χ0) is 22.7. The van der Waals surface area contributed by atoms with Crippen molar-refractivity contribution >= 4 is 23.5 Å². The van der Waals surface area contributed by atoms with E-state index in [0.29, 0.717) is 11.6 Å². The molecule has 1 saturated heterocycles. The zero-order valence-corrected chi connectivity index (χ0v) is 18.4. The van der Waals surface area contributed by atoms with Gasteiger partial charge < -0.3 is 15.4 Å². The fourth-order valence-corrected chi connectivity index (χ4v) is 3.88. The number of hydrogen-bond donors (Lipinski definition) is 1. The highest BCUT2D eigenvalue weighted by Crippen LogP contribution is 2.24. The van der Waals surface area contributed by atoms with Gasteiger partial charge in [0.2, 0.25) is 0 Å². The van der Waals surface area contributed by atoms with Gasteiger partial charge in [-0.15, -0.1) is 0 Å². The lowest BCUT2D eigenvalue weighted by Gasteiger charge is -2.39. The molecule has 0 spiro atoms. The van der Waals surface area contributed by atoms with E-state index in [4.69, 9.17) is 22.1 Å². The van der Waals surface area contributed by atoms with Crippen LogP contribution in [0.4, 0.5) is 4.79 Å². The first-order valence-corrected chi connectivity index (χ1v) is 10.7. The van der Waals surface area contributed by atoms with Crippen LogP contribution in [0.1, 0.15) is 23.0 Å². The maximum atomic E-state index is 12.8. The van der Waals surface area contributed by atoms with E-state index in [1.807, 2.05) is 37.3 Å². The summed E-state index contributed by atoms with van der Waals surface area (Å²) in [6.45, 7) is 4.76. The van der Waals surface area contributed by atoms with E-state index in [1.165, 1.54) is 16.9 Å². The van der Waals surface area contributed by atoms with E-state index < -0.39 is 5.91 Å². The molecular weight excluding hydrogens is 430 g/mol. The van der Waals surface area contributed by atoms with Crippen molar-refractivity contribution in [3.63, 3.8) is 0 Å². The predicted molar refractivity (Wildman–Crippen MR) is 121 cm³/mol. The van der Waals surface area contributed by atoms with Gasteiger partial charge in [-0.05, 0) is 55.0 Å². The summed E-state index contributed by atoms with van der Waals surface area (Å²) in [6.07, 6.45) is 1.47. The third kappa shape index (κ3) is 5.09. The maximum Gasteiger partial charge on any atom is 0.344 e. The van der Waals surface area contributed by atoms with Gasteiger partial charge in [-0.3, -0.25) is 9.69 Å². The highest BCUT2D eigenvalue weighted by Gasteiger charge is 2.29. The number of halogens is 1. The van der Waals surface area contributed by atoms with Crippen LogP contribution >= 0.6 is 11.6 Å². The Morgan fingerprint density at radius 2 is 1.91 bits per heavy atom. The van der Waals surface area contributed by atoms with Gasteiger partial charge in [-0.25, -0.2) is 4.79 Å². The lowest BCUT2D eigenvalue weighted by atomic mass is 10.1. The molecule has 166 valence electrons. The number of carbonyl (C=O) groups excluding carboxylic acids is 2. The van der Waals surface area contributed by atoms with Gasteiger partial charge in [0, 0.05) is 43.4 Å². The largest absolute Gasteiger partial charge is 0.457 e. The third-order valence-corrected chi connectivity index (χ3v) is 5.60. The minimum atomic E-state index is -0.656. The van der Waals surface area contributed by atoms with E-state index >= 15 is 0 Å². The number of benzene rings is 2. The average molecular weight is 454 g/mol. The van der Waals surface area contributed by atoms with Gasteiger partial charge in [-0.2, -0.15) is 9.78 Å². The van der Waals surface area contributed by atoms with Gasteiger partial charge in [-0.1, -0.05) is 23.7 Å². The molecule has 1 aliphatic heterocycles.